The van der Waals surface area contributed by atoms with Crippen LogP contribution in [0.5, 0.6) is 0 Å². The summed E-state index contributed by atoms with van der Waals surface area (Å²) in [5, 5.41) is 10.2. The Morgan fingerprint density at radius 1 is 1.25 bits per heavy atom. The number of nitrogens with zero attached hydrogens (tertiary/aromatic N) is 2. The summed E-state index contributed by atoms with van der Waals surface area (Å²) in [6, 6.07) is 0.406. The monoisotopic (exact) mass is 222 g/mol. The number of hydrogen-bond acceptors (Lipinski definition) is 3. The molecule has 2 heterocycles. The van der Waals surface area contributed by atoms with Crippen LogP contribution >= 0.6 is 0 Å². The molecule has 2 aliphatic rings. The Morgan fingerprint density at radius 3 is 2.75 bits per heavy atom. The fourth-order valence-electron chi connectivity index (χ4n) is 2.67. The molecule has 1 aliphatic carbocycles. The summed E-state index contributed by atoms with van der Waals surface area (Å²) < 4.78 is 1.90. The third-order valence-electron chi connectivity index (χ3n) is 3.83. The minimum atomic E-state index is -0.0229. The van der Waals surface area contributed by atoms with Crippen molar-refractivity contribution in [3.8, 4) is 0 Å². The highest BCUT2D eigenvalue weighted by Gasteiger charge is 2.28. The Hall–Kier alpha value is -1.10. The molecule has 1 aromatic heterocycles. The van der Waals surface area contributed by atoms with Gasteiger partial charge in [0, 0.05) is 18.5 Å². The van der Waals surface area contributed by atoms with Gasteiger partial charge in [-0.25, -0.2) is 9.89 Å². The van der Waals surface area contributed by atoms with Gasteiger partial charge in [-0.05, 0) is 38.6 Å². The van der Waals surface area contributed by atoms with Crippen LogP contribution < -0.4 is 11.0 Å². The topological polar surface area (TPSA) is 62.7 Å². The van der Waals surface area contributed by atoms with Gasteiger partial charge in [-0.1, -0.05) is 0 Å². The number of nitrogens with one attached hydrogen (secondary N) is 2. The molecule has 0 bridgehead atoms. The van der Waals surface area contributed by atoms with Crippen molar-refractivity contribution in [3.05, 3.63) is 16.3 Å². The van der Waals surface area contributed by atoms with Crippen molar-refractivity contribution >= 4 is 0 Å². The molecule has 1 aliphatic heterocycles. The standard InChI is InChI=1S/C11H18N4O/c16-11-14-13-10(8-3-2-6-12-7-8)15(11)9-4-1-5-9/h8-9,12H,1-7H2,(H,14,16). The van der Waals surface area contributed by atoms with Crippen LogP contribution in [0.2, 0.25) is 0 Å². The fourth-order valence-corrected chi connectivity index (χ4v) is 2.67. The summed E-state index contributed by atoms with van der Waals surface area (Å²) in [6.07, 6.45) is 5.82. The van der Waals surface area contributed by atoms with Crippen molar-refractivity contribution in [2.45, 2.75) is 44.1 Å². The van der Waals surface area contributed by atoms with Gasteiger partial charge in [0.1, 0.15) is 5.82 Å². The molecule has 0 amide bonds. The number of aromatic nitrogens is 3. The van der Waals surface area contributed by atoms with Gasteiger partial charge in [0.15, 0.2) is 0 Å². The predicted molar refractivity (Wildman–Crippen MR) is 60.6 cm³/mol. The summed E-state index contributed by atoms with van der Waals surface area (Å²) in [7, 11) is 0. The Kier molecular flexibility index (Phi) is 2.55. The van der Waals surface area contributed by atoms with Crippen molar-refractivity contribution < 1.29 is 0 Å². The number of rotatable bonds is 2. The average Bonchev–Trinajstić information content (AvgIpc) is 2.60. The van der Waals surface area contributed by atoms with Gasteiger partial charge >= 0.3 is 5.69 Å². The second-order valence-corrected chi connectivity index (χ2v) is 4.88. The van der Waals surface area contributed by atoms with Crippen LogP contribution in [0.3, 0.4) is 0 Å². The van der Waals surface area contributed by atoms with E-state index in [4.69, 9.17) is 0 Å². The maximum atomic E-state index is 11.7. The predicted octanol–water partition coefficient (Wildman–Crippen LogP) is 0.763. The summed E-state index contributed by atoms with van der Waals surface area (Å²) in [5.41, 5.74) is -0.0229. The molecule has 88 valence electrons. The van der Waals surface area contributed by atoms with Crippen LogP contribution in [0.15, 0.2) is 4.79 Å². The van der Waals surface area contributed by atoms with Gasteiger partial charge in [-0.3, -0.25) is 4.57 Å². The Labute approximate surface area is 94.2 Å². The van der Waals surface area contributed by atoms with E-state index >= 15 is 0 Å². The highest BCUT2D eigenvalue weighted by Crippen LogP contribution is 2.33. The van der Waals surface area contributed by atoms with E-state index in [2.05, 4.69) is 15.5 Å². The molecule has 2 fully saturated rings. The molecule has 5 nitrogen and oxygen atoms in total. The molecule has 5 heteroatoms. The van der Waals surface area contributed by atoms with Crippen LogP contribution in [0, 0.1) is 0 Å². The lowest BCUT2D eigenvalue weighted by Gasteiger charge is -2.30. The number of piperidine rings is 1. The minimum Gasteiger partial charge on any atom is -0.316 e. The zero-order valence-electron chi connectivity index (χ0n) is 9.41. The lowest BCUT2D eigenvalue weighted by Crippen LogP contribution is -2.34. The van der Waals surface area contributed by atoms with Crippen LogP contribution in [0.25, 0.3) is 0 Å². The molecule has 16 heavy (non-hydrogen) atoms. The van der Waals surface area contributed by atoms with E-state index in [1.54, 1.807) is 0 Å². The van der Waals surface area contributed by atoms with E-state index in [1.807, 2.05) is 4.57 Å². The first kappa shape index (κ1) is 10.1. The first-order valence-corrected chi connectivity index (χ1v) is 6.24. The van der Waals surface area contributed by atoms with Gasteiger partial charge < -0.3 is 5.32 Å². The summed E-state index contributed by atoms with van der Waals surface area (Å²) in [6.45, 7) is 2.05. The van der Waals surface area contributed by atoms with Gasteiger partial charge in [0.05, 0.1) is 0 Å². The molecule has 0 radical (unpaired) electrons. The maximum Gasteiger partial charge on any atom is 0.343 e. The Balaban J connectivity index is 1.90. The van der Waals surface area contributed by atoms with Crippen molar-refractivity contribution in [3.63, 3.8) is 0 Å². The molecular weight excluding hydrogens is 204 g/mol. The van der Waals surface area contributed by atoms with Crippen molar-refractivity contribution in [1.29, 1.82) is 0 Å². The largest absolute Gasteiger partial charge is 0.343 e. The van der Waals surface area contributed by atoms with Crippen LogP contribution in [0.4, 0.5) is 0 Å². The molecular formula is C11H18N4O. The molecule has 0 spiro atoms. The van der Waals surface area contributed by atoms with Crippen LogP contribution in [-0.2, 0) is 0 Å². The number of aromatic amines is 1. The van der Waals surface area contributed by atoms with E-state index in [1.165, 1.54) is 12.8 Å². The molecule has 3 rings (SSSR count). The molecule has 2 N–H and O–H groups in total. The minimum absolute atomic E-state index is 0.0229. The first-order chi connectivity index (χ1) is 7.86. The Bertz CT molecular complexity index is 412. The van der Waals surface area contributed by atoms with Crippen molar-refractivity contribution in [1.82, 2.24) is 20.1 Å². The van der Waals surface area contributed by atoms with E-state index < -0.39 is 0 Å². The van der Waals surface area contributed by atoms with Gasteiger partial charge in [0.2, 0.25) is 0 Å². The van der Waals surface area contributed by atoms with Crippen molar-refractivity contribution in [2.24, 2.45) is 0 Å². The third-order valence-corrected chi connectivity index (χ3v) is 3.83. The van der Waals surface area contributed by atoms with Gasteiger partial charge in [-0.2, -0.15) is 5.10 Å². The smallest absolute Gasteiger partial charge is 0.316 e. The van der Waals surface area contributed by atoms with E-state index in [0.29, 0.717) is 12.0 Å². The van der Waals surface area contributed by atoms with E-state index in [0.717, 1.165) is 38.2 Å². The molecule has 1 saturated carbocycles. The zero-order valence-corrected chi connectivity index (χ0v) is 9.41. The first-order valence-electron chi connectivity index (χ1n) is 6.24. The average molecular weight is 222 g/mol. The second kappa shape index (κ2) is 4.05. The summed E-state index contributed by atoms with van der Waals surface area (Å²) >= 11 is 0. The van der Waals surface area contributed by atoms with Gasteiger partial charge in [0.25, 0.3) is 0 Å². The SMILES string of the molecule is O=c1[nH]nc(C2CCCNC2)n1C1CCC1. The Morgan fingerprint density at radius 2 is 2.12 bits per heavy atom. The van der Waals surface area contributed by atoms with E-state index in [-0.39, 0.29) is 5.69 Å². The second-order valence-electron chi connectivity index (χ2n) is 4.88. The fraction of sp³-hybridized carbons (Fsp3) is 0.818. The lowest BCUT2D eigenvalue weighted by molar-refractivity contribution is 0.289. The van der Waals surface area contributed by atoms with Gasteiger partial charge in [-0.15, -0.1) is 0 Å². The quantitative estimate of drug-likeness (QED) is 0.776. The lowest BCUT2D eigenvalue weighted by atomic mass is 9.91. The molecule has 1 aromatic rings. The number of H-pyrrole nitrogens is 1. The summed E-state index contributed by atoms with van der Waals surface area (Å²) in [5.74, 6) is 1.38. The van der Waals surface area contributed by atoms with E-state index in [9.17, 15) is 4.79 Å². The summed E-state index contributed by atoms with van der Waals surface area (Å²) in [4.78, 5) is 11.7. The van der Waals surface area contributed by atoms with Crippen molar-refractivity contribution in [2.75, 3.05) is 13.1 Å². The number of hydrogen-bond donors (Lipinski definition) is 2. The molecule has 1 unspecified atom stereocenters. The molecule has 1 saturated heterocycles. The normalized spacial score (nSPS) is 26.6. The van der Waals surface area contributed by atoms with Crippen LogP contribution in [-0.4, -0.2) is 27.9 Å². The molecule has 1 atom stereocenters. The highest BCUT2D eigenvalue weighted by atomic mass is 16.1. The zero-order chi connectivity index (χ0) is 11.0. The third kappa shape index (κ3) is 1.59. The van der Waals surface area contributed by atoms with Crippen LogP contribution in [0.1, 0.15) is 49.9 Å². The highest BCUT2D eigenvalue weighted by molar-refractivity contribution is 5.02. The maximum absolute atomic E-state index is 11.7. The molecule has 0 aromatic carbocycles.